The lowest BCUT2D eigenvalue weighted by Gasteiger charge is -2.44. The van der Waals surface area contributed by atoms with E-state index in [1.54, 1.807) is 0 Å². The zero-order valence-corrected chi connectivity index (χ0v) is 11.1. The average molecular weight is 256 g/mol. The molecule has 0 spiro atoms. The number of hydrogen-bond acceptors (Lipinski definition) is 3. The Morgan fingerprint density at radius 3 is 2.53 bits per heavy atom. The van der Waals surface area contributed by atoms with Crippen molar-refractivity contribution in [2.24, 2.45) is 0 Å². The van der Waals surface area contributed by atoms with E-state index in [0.717, 1.165) is 38.3 Å². The molecule has 3 rings (SSSR count). The minimum atomic E-state index is -0.321. The van der Waals surface area contributed by atoms with Crippen LogP contribution < -0.4 is 10.1 Å². The molecule has 1 atom stereocenters. The number of benzene rings is 1. The molecule has 1 heterocycles. The van der Waals surface area contributed by atoms with Crippen molar-refractivity contribution in [3.8, 4) is 5.75 Å². The van der Waals surface area contributed by atoms with Crippen LogP contribution >= 0.6 is 0 Å². The smallest absolute Gasteiger partial charge is 0.186 e. The number of piperazine rings is 1. The number of ether oxygens (including phenoxy) is 1. The first-order valence-corrected chi connectivity index (χ1v) is 6.93. The van der Waals surface area contributed by atoms with Gasteiger partial charge in [0.25, 0.3) is 0 Å². The van der Waals surface area contributed by atoms with Crippen LogP contribution in [-0.2, 0) is 0 Å². The predicted molar refractivity (Wildman–Crippen MR) is 77.1 cm³/mol. The van der Waals surface area contributed by atoms with E-state index >= 15 is 0 Å². The summed E-state index contributed by atoms with van der Waals surface area (Å²) in [5, 5.41) is 3.40. The van der Waals surface area contributed by atoms with Gasteiger partial charge in [0.05, 0.1) is 0 Å². The van der Waals surface area contributed by atoms with E-state index in [9.17, 15) is 0 Å². The van der Waals surface area contributed by atoms with Crippen molar-refractivity contribution < 1.29 is 4.74 Å². The fourth-order valence-corrected chi connectivity index (χ4v) is 2.70. The molecule has 0 amide bonds. The molecular weight excluding hydrogens is 236 g/mol. The third-order valence-corrected chi connectivity index (χ3v) is 3.70. The Morgan fingerprint density at radius 2 is 1.84 bits per heavy atom. The number of para-hydroxylation sites is 1. The highest BCUT2D eigenvalue weighted by Gasteiger charge is 2.37. The zero-order chi connectivity index (χ0) is 13.0. The number of hydrogen-bond donors (Lipinski definition) is 1. The Bertz CT molecular complexity index is 463. The van der Waals surface area contributed by atoms with Gasteiger partial charge < -0.3 is 10.1 Å². The second kappa shape index (κ2) is 5.59. The van der Waals surface area contributed by atoms with Gasteiger partial charge in [0.1, 0.15) is 5.75 Å². The van der Waals surface area contributed by atoms with E-state index in [-0.39, 0.29) is 5.72 Å². The summed E-state index contributed by atoms with van der Waals surface area (Å²) in [4.78, 5) is 2.43. The van der Waals surface area contributed by atoms with Gasteiger partial charge >= 0.3 is 0 Å². The fourth-order valence-electron chi connectivity index (χ4n) is 2.70. The Balaban J connectivity index is 1.84. The van der Waals surface area contributed by atoms with Crippen LogP contribution in [0.3, 0.4) is 0 Å². The second-order valence-corrected chi connectivity index (χ2v) is 4.99. The molecule has 0 aromatic heterocycles. The summed E-state index contributed by atoms with van der Waals surface area (Å²) in [6.45, 7) is 4.09. The van der Waals surface area contributed by atoms with Crippen molar-refractivity contribution in [2.75, 3.05) is 26.2 Å². The summed E-state index contributed by atoms with van der Waals surface area (Å²) >= 11 is 0. The first-order chi connectivity index (χ1) is 9.39. The number of nitrogens with zero attached hydrogens (tertiary/aromatic N) is 1. The molecule has 0 radical (unpaired) electrons. The predicted octanol–water partition coefficient (Wildman–Crippen LogP) is 2.18. The monoisotopic (exact) mass is 256 g/mol. The van der Waals surface area contributed by atoms with Crippen LogP contribution in [0.4, 0.5) is 0 Å². The quantitative estimate of drug-likeness (QED) is 0.897. The van der Waals surface area contributed by atoms with Gasteiger partial charge in [0, 0.05) is 32.6 Å². The third-order valence-electron chi connectivity index (χ3n) is 3.70. The van der Waals surface area contributed by atoms with Crippen molar-refractivity contribution in [1.82, 2.24) is 10.2 Å². The van der Waals surface area contributed by atoms with Gasteiger partial charge in [-0.25, -0.2) is 0 Å². The maximum Gasteiger partial charge on any atom is 0.186 e. The van der Waals surface area contributed by atoms with Crippen LogP contribution in [0.5, 0.6) is 5.75 Å². The van der Waals surface area contributed by atoms with Gasteiger partial charge in [0.2, 0.25) is 0 Å². The van der Waals surface area contributed by atoms with Crippen molar-refractivity contribution >= 4 is 0 Å². The average Bonchev–Trinajstić information content (AvgIpc) is 2.50. The minimum Gasteiger partial charge on any atom is -0.469 e. The number of allylic oxidation sites excluding steroid dienone is 2. The van der Waals surface area contributed by atoms with E-state index < -0.39 is 0 Å². The summed E-state index contributed by atoms with van der Waals surface area (Å²) in [7, 11) is 0. The van der Waals surface area contributed by atoms with E-state index in [2.05, 4.69) is 34.5 Å². The highest BCUT2D eigenvalue weighted by molar-refractivity contribution is 5.26. The molecule has 0 saturated carbocycles. The van der Waals surface area contributed by atoms with Crippen molar-refractivity contribution in [1.29, 1.82) is 0 Å². The highest BCUT2D eigenvalue weighted by Crippen LogP contribution is 2.29. The molecule has 1 unspecified atom stereocenters. The third kappa shape index (κ3) is 2.72. The van der Waals surface area contributed by atoms with Crippen LogP contribution in [0.25, 0.3) is 0 Å². The summed E-state index contributed by atoms with van der Waals surface area (Å²) in [6, 6.07) is 10.1. The molecule has 100 valence electrons. The topological polar surface area (TPSA) is 24.5 Å². The lowest BCUT2D eigenvalue weighted by atomic mass is 10.0. The van der Waals surface area contributed by atoms with Crippen LogP contribution in [0, 0.1) is 0 Å². The van der Waals surface area contributed by atoms with Gasteiger partial charge in [-0.3, -0.25) is 4.90 Å². The standard InChI is InChI=1S/C16H20N2O/c1-3-7-15(8-4-1)19-16(9-5-2-6-10-16)18-13-11-17-12-14-18/h1-9,17H,10-14H2. The van der Waals surface area contributed by atoms with Gasteiger partial charge in [-0.2, -0.15) is 0 Å². The normalized spacial score (nSPS) is 27.4. The van der Waals surface area contributed by atoms with Gasteiger partial charge in [-0.1, -0.05) is 36.4 Å². The largest absolute Gasteiger partial charge is 0.469 e. The SMILES string of the molecule is C1=CCC(Oc2ccccc2)(N2CCNCC2)C=C1. The van der Waals surface area contributed by atoms with E-state index in [4.69, 9.17) is 4.74 Å². The van der Waals surface area contributed by atoms with E-state index in [0.29, 0.717) is 0 Å². The minimum absolute atomic E-state index is 0.321. The highest BCUT2D eigenvalue weighted by atomic mass is 16.5. The molecule has 0 bridgehead atoms. The van der Waals surface area contributed by atoms with Gasteiger partial charge in [0.15, 0.2) is 5.72 Å². The van der Waals surface area contributed by atoms with Crippen molar-refractivity contribution in [2.45, 2.75) is 12.1 Å². The van der Waals surface area contributed by atoms with Crippen molar-refractivity contribution in [3.05, 3.63) is 54.6 Å². The summed E-state index contributed by atoms with van der Waals surface area (Å²) < 4.78 is 6.34. The fraction of sp³-hybridized carbons (Fsp3) is 0.375. The molecule has 1 aliphatic carbocycles. The Hall–Kier alpha value is -1.58. The molecule has 3 nitrogen and oxygen atoms in total. The second-order valence-electron chi connectivity index (χ2n) is 4.99. The van der Waals surface area contributed by atoms with Crippen molar-refractivity contribution in [3.63, 3.8) is 0 Å². The Morgan fingerprint density at radius 1 is 1.05 bits per heavy atom. The molecule has 1 saturated heterocycles. The number of nitrogens with one attached hydrogen (secondary N) is 1. The maximum absolute atomic E-state index is 6.34. The Labute approximate surface area is 114 Å². The Kier molecular flexibility index (Phi) is 3.67. The lowest BCUT2D eigenvalue weighted by molar-refractivity contribution is -0.0500. The molecular formula is C16H20N2O. The molecule has 1 aliphatic heterocycles. The molecule has 19 heavy (non-hydrogen) atoms. The zero-order valence-electron chi connectivity index (χ0n) is 11.1. The molecule has 1 fully saturated rings. The molecule has 1 aromatic carbocycles. The van der Waals surface area contributed by atoms with E-state index in [1.807, 2.05) is 30.3 Å². The van der Waals surface area contributed by atoms with Crippen LogP contribution in [0.2, 0.25) is 0 Å². The van der Waals surface area contributed by atoms with Gasteiger partial charge in [-0.15, -0.1) is 0 Å². The number of rotatable bonds is 3. The lowest BCUT2D eigenvalue weighted by Crippen LogP contribution is -2.58. The maximum atomic E-state index is 6.34. The molecule has 1 N–H and O–H groups in total. The van der Waals surface area contributed by atoms with Crippen LogP contribution in [-0.4, -0.2) is 36.8 Å². The van der Waals surface area contributed by atoms with Gasteiger partial charge in [-0.05, 0) is 18.2 Å². The van der Waals surface area contributed by atoms with E-state index in [1.165, 1.54) is 0 Å². The molecule has 2 aliphatic rings. The summed E-state index contributed by atoms with van der Waals surface area (Å²) in [6.07, 6.45) is 9.46. The summed E-state index contributed by atoms with van der Waals surface area (Å²) in [5.41, 5.74) is -0.321. The van der Waals surface area contributed by atoms with Crippen LogP contribution in [0.1, 0.15) is 6.42 Å². The first-order valence-electron chi connectivity index (χ1n) is 6.93. The first kappa shape index (κ1) is 12.5. The molecule has 3 heteroatoms. The molecule has 1 aromatic rings. The van der Waals surface area contributed by atoms with Crippen LogP contribution in [0.15, 0.2) is 54.6 Å². The summed E-state index contributed by atoms with van der Waals surface area (Å²) in [5.74, 6) is 0.931.